The van der Waals surface area contributed by atoms with Gasteiger partial charge >= 0.3 is 0 Å². The normalized spacial score (nSPS) is 20.0. The highest BCUT2D eigenvalue weighted by Crippen LogP contribution is 2.34. The summed E-state index contributed by atoms with van der Waals surface area (Å²) in [6.45, 7) is 9.03. The summed E-state index contributed by atoms with van der Waals surface area (Å²) >= 11 is 0. The zero-order valence-electron chi connectivity index (χ0n) is 17.7. The molecule has 0 unspecified atom stereocenters. The first-order valence-corrected chi connectivity index (χ1v) is 10.3. The van der Waals surface area contributed by atoms with E-state index in [0.717, 1.165) is 44.2 Å². The van der Waals surface area contributed by atoms with Crippen LogP contribution in [-0.4, -0.2) is 63.5 Å². The Bertz CT molecular complexity index is 932. The van der Waals surface area contributed by atoms with Gasteiger partial charge in [0.25, 0.3) is 0 Å². The Hall–Kier alpha value is -2.51. The maximum absolute atomic E-state index is 6.13. The predicted octanol–water partition coefficient (Wildman–Crippen LogP) is 3.04. The Kier molecular flexibility index (Phi) is 5.78. The molecule has 1 aromatic carbocycles. The largest absolute Gasteiger partial charge is 0.420 e. The van der Waals surface area contributed by atoms with Crippen molar-refractivity contribution in [3.63, 3.8) is 0 Å². The van der Waals surface area contributed by atoms with Gasteiger partial charge in [-0.1, -0.05) is 18.2 Å². The molecule has 2 atom stereocenters. The average Bonchev–Trinajstić information content (AvgIpc) is 3.42. The topological polar surface area (TPSA) is 63.2 Å². The van der Waals surface area contributed by atoms with Crippen molar-refractivity contribution < 1.29 is 4.42 Å². The van der Waals surface area contributed by atoms with Crippen molar-refractivity contribution in [2.24, 2.45) is 5.92 Å². The Labute approximate surface area is 172 Å². The molecule has 7 nitrogen and oxygen atoms in total. The minimum atomic E-state index is 0.240. The molecule has 0 N–H and O–H groups in total. The third-order valence-electron chi connectivity index (χ3n) is 5.79. The third kappa shape index (κ3) is 4.26. The van der Waals surface area contributed by atoms with Crippen molar-refractivity contribution >= 4 is 0 Å². The monoisotopic (exact) mass is 394 g/mol. The van der Waals surface area contributed by atoms with Crippen LogP contribution >= 0.6 is 0 Å². The van der Waals surface area contributed by atoms with Crippen LogP contribution in [0.1, 0.15) is 30.0 Å². The third-order valence-corrected chi connectivity index (χ3v) is 5.79. The second kappa shape index (κ2) is 8.47. The molecule has 1 aliphatic heterocycles. The van der Waals surface area contributed by atoms with Crippen LogP contribution in [-0.2, 0) is 13.1 Å². The lowest BCUT2D eigenvalue weighted by atomic mass is 9.95. The standard InChI is InChI=1S/C22H30N6O/c1-5-28-16(2)18(11-23-28)13-27-14-19(12-26(3)4)20(15-27)22-25-24-21(29-22)17-9-7-6-8-10-17/h6-11,19-20H,5,12-15H2,1-4H3/t19-,20-/m0/s1. The summed E-state index contributed by atoms with van der Waals surface area (Å²) in [5.74, 6) is 2.04. The summed E-state index contributed by atoms with van der Waals surface area (Å²) in [4.78, 5) is 4.74. The summed E-state index contributed by atoms with van der Waals surface area (Å²) < 4.78 is 8.19. The number of nitrogens with zero attached hydrogens (tertiary/aromatic N) is 6. The minimum Gasteiger partial charge on any atom is -0.420 e. The van der Waals surface area contributed by atoms with Gasteiger partial charge in [0.05, 0.1) is 12.1 Å². The van der Waals surface area contributed by atoms with E-state index in [4.69, 9.17) is 4.42 Å². The quantitative estimate of drug-likeness (QED) is 0.614. The van der Waals surface area contributed by atoms with Crippen LogP contribution in [0.2, 0.25) is 0 Å². The first-order chi connectivity index (χ1) is 14.0. The predicted molar refractivity (Wildman–Crippen MR) is 112 cm³/mol. The maximum Gasteiger partial charge on any atom is 0.247 e. The fourth-order valence-corrected chi connectivity index (χ4v) is 4.31. The van der Waals surface area contributed by atoms with Crippen LogP contribution in [0, 0.1) is 12.8 Å². The van der Waals surface area contributed by atoms with Crippen molar-refractivity contribution in [1.82, 2.24) is 29.8 Å². The number of benzene rings is 1. The Morgan fingerprint density at radius 1 is 1.14 bits per heavy atom. The second-order valence-electron chi connectivity index (χ2n) is 8.21. The molecule has 29 heavy (non-hydrogen) atoms. The van der Waals surface area contributed by atoms with Crippen LogP contribution in [0.15, 0.2) is 40.9 Å². The summed E-state index contributed by atoms with van der Waals surface area (Å²) in [6, 6.07) is 9.98. The summed E-state index contributed by atoms with van der Waals surface area (Å²) in [5, 5.41) is 13.2. The number of hydrogen-bond acceptors (Lipinski definition) is 6. The van der Waals surface area contributed by atoms with Gasteiger partial charge in [0.15, 0.2) is 0 Å². The molecule has 7 heteroatoms. The van der Waals surface area contributed by atoms with E-state index in [1.165, 1.54) is 11.3 Å². The lowest BCUT2D eigenvalue weighted by Crippen LogP contribution is -2.27. The SMILES string of the molecule is CCn1ncc(CN2C[C@H](CN(C)C)[C@@H](c3nnc(-c4ccccc4)o3)C2)c1C. The highest BCUT2D eigenvalue weighted by molar-refractivity contribution is 5.51. The van der Waals surface area contributed by atoms with Gasteiger partial charge in [-0.3, -0.25) is 9.58 Å². The summed E-state index contributed by atoms with van der Waals surface area (Å²) in [6.07, 6.45) is 2.01. The molecule has 0 aliphatic carbocycles. The molecule has 0 radical (unpaired) electrons. The van der Waals surface area contributed by atoms with E-state index in [9.17, 15) is 0 Å². The molecule has 3 heterocycles. The highest BCUT2D eigenvalue weighted by atomic mass is 16.4. The van der Waals surface area contributed by atoms with E-state index in [1.807, 2.05) is 36.5 Å². The molecular formula is C22H30N6O. The number of aromatic nitrogens is 4. The van der Waals surface area contributed by atoms with Gasteiger partial charge in [0, 0.05) is 49.5 Å². The molecular weight excluding hydrogens is 364 g/mol. The van der Waals surface area contributed by atoms with Crippen LogP contribution in [0.4, 0.5) is 0 Å². The van der Waals surface area contributed by atoms with Gasteiger partial charge in [0.2, 0.25) is 11.8 Å². The lowest BCUT2D eigenvalue weighted by molar-refractivity contribution is 0.281. The number of aryl methyl sites for hydroxylation is 1. The van der Waals surface area contributed by atoms with Crippen molar-refractivity contribution in [2.75, 3.05) is 33.7 Å². The Morgan fingerprint density at radius 2 is 1.93 bits per heavy atom. The minimum absolute atomic E-state index is 0.240. The van der Waals surface area contributed by atoms with Crippen LogP contribution in [0.5, 0.6) is 0 Å². The van der Waals surface area contributed by atoms with Gasteiger partial charge in [0.1, 0.15) is 0 Å². The van der Waals surface area contributed by atoms with Gasteiger partial charge in [-0.15, -0.1) is 10.2 Å². The van der Waals surface area contributed by atoms with Crippen molar-refractivity contribution in [3.05, 3.63) is 53.7 Å². The first-order valence-electron chi connectivity index (χ1n) is 10.3. The van der Waals surface area contributed by atoms with Crippen LogP contribution in [0.3, 0.4) is 0 Å². The number of likely N-dealkylation sites (tertiary alicyclic amines) is 1. The fraction of sp³-hybridized carbons (Fsp3) is 0.500. The molecule has 0 saturated carbocycles. The van der Waals surface area contributed by atoms with Crippen LogP contribution in [0.25, 0.3) is 11.5 Å². The molecule has 0 bridgehead atoms. The first kappa shape index (κ1) is 19.8. The zero-order valence-corrected chi connectivity index (χ0v) is 17.7. The number of rotatable bonds is 7. The molecule has 0 amide bonds. The maximum atomic E-state index is 6.13. The smallest absolute Gasteiger partial charge is 0.247 e. The van der Waals surface area contributed by atoms with Crippen molar-refractivity contribution in [1.29, 1.82) is 0 Å². The van der Waals surface area contributed by atoms with E-state index < -0.39 is 0 Å². The van der Waals surface area contributed by atoms with E-state index >= 15 is 0 Å². The van der Waals surface area contributed by atoms with Crippen molar-refractivity contribution in [3.8, 4) is 11.5 Å². The molecule has 0 spiro atoms. The second-order valence-corrected chi connectivity index (χ2v) is 8.21. The molecule has 1 saturated heterocycles. The van der Waals surface area contributed by atoms with E-state index in [1.54, 1.807) is 0 Å². The van der Waals surface area contributed by atoms with Gasteiger partial charge < -0.3 is 9.32 Å². The van der Waals surface area contributed by atoms with Crippen LogP contribution < -0.4 is 0 Å². The lowest BCUT2D eigenvalue weighted by Gasteiger charge is -2.19. The fourth-order valence-electron chi connectivity index (χ4n) is 4.31. The van der Waals surface area contributed by atoms with E-state index in [0.29, 0.717) is 11.8 Å². The molecule has 2 aromatic heterocycles. The van der Waals surface area contributed by atoms with Crippen molar-refractivity contribution in [2.45, 2.75) is 32.9 Å². The Balaban J connectivity index is 1.53. The number of hydrogen-bond donors (Lipinski definition) is 0. The summed E-state index contributed by atoms with van der Waals surface area (Å²) in [7, 11) is 4.25. The molecule has 4 rings (SSSR count). The molecule has 3 aromatic rings. The molecule has 1 aliphatic rings. The Morgan fingerprint density at radius 3 is 2.62 bits per heavy atom. The molecule has 154 valence electrons. The zero-order chi connectivity index (χ0) is 20.4. The van der Waals surface area contributed by atoms with Gasteiger partial charge in [-0.25, -0.2) is 0 Å². The average molecular weight is 395 g/mol. The molecule has 1 fully saturated rings. The van der Waals surface area contributed by atoms with E-state index in [2.05, 4.69) is 57.7 Å². The highest BCUT2D eigenvalue weighted by Gasteiger charge is 2.37. The van der Waals surface area contributed by atoms with Gasteiger partial charge in [-0.05, 0) is 46.0 Å². The van der Waals surface area contributed by atoms with Gasteiger partial charge in [-0.2, -0.15) is 5.10 Å². The summed E-state index contributed by atoms with van der Waals surface area (Å²) in [5.41, 5.74) is 3.52. The van der Waals surface area contributed by atoms with E-state index in [-0.39, 0.29) is 5.92 Å².